The number of rotatable bonds is 7. The Kier molecular flexibility index (Phi) is 5.92. The van der Waals surface area contributed by atoms with E-state index in [-0.39, 0.29) is 11.9 Å². The third kappa shape index (κ3) is 4.12. The van der Waals surface area contributed by atoms with E-state index >= 15 is 0 Å². The van der Waals surface area contributed by atoms with Crippen molar-refractivity contribution in [3.63, 3.8) is 0 Å². The molecule has 8 heteroatoms. The second-order valence-corrected chi connectivity index (χ2v) is 7.36. The number of benzene rings is 2. The van der Waals surface area contributed by atoms with Gasteiger partial charge < -0.3 is 9.88 Å². The maximum absolute atomic E-state index is 13.5. The normalized spacial score (nSPS) is 15.3. The van der Waals surface area contributed by atoms with Crippen molar-refractivity contribution >= 4 is 17.3 Å². The number of imidazole rings is 1. The quantitative estimate of drug-likeness (QED) is 0.596. The number of hydroxylamine groups is 1. The van der Waals surface area contributed by atoms with E-state index in [2.05, 4.69) is 34.8 Å². The Bertz CT molecular complexity index is 1060. The molecule has 4 rings (SSSR count). The lowest BCUT2D eigenvalue weighted by Gasteiger charge is -2.26. The van der Waals surface area contributed by atoms with Crippen LogP contribution in [0.5, 0.6) is 0 Å². The fourth-order valence-corrected chi connectivity index (χ4v) is 3.61. The van der Waals surface area contributed by atoms with Gasteiger partial charge in [-0.25, -0.2) is 9.37 Å². The van der Waals surface area contributed by atoms with Crippen molar-refractivity contribution < 1.29 is 9.23 Å². The van der Waals surface area contributed by atoms with E-state index in [0.717, 1.165) is 28.6 Å². The van der Waals surface area contributed by atoms with E-state index in [1.165, 1.54) is 17.7 Å². The highest BCUT2D eigenvalue weighted by Crippen LogP contribution is 2.34. The zero-order valence-corrected chi connectivity index (χ0v) is 18.1. The molecule has 2 aromatic carbocycles. The highest BCUT2D eigenvalue weighted by molar-refractivity contribution is 5.89. The summed E-state index contributed by atoms with van der Waals surface area (Å²) in [5, 5.41) is 6.93. The Hall–Kier alpha value is -3.36. The minimum absolute atomic E-state index is 0.0908. The highest BCUT2D eigenvalue weighted by atomic mass is 19.1. The van der Waals surface area contributed by atoms with Gasteiger partial charge in [0, 0.05) is 19.7 Å². The van der Waals surface area contributed by atoms with Crippen molar-refractivity contribution in [3.8, 4) is 0 Å². The van der Waals surface area contributed by atoms with Gasteiger partial charge in [0.25, 0.3) is 0 Å². The minimum Gasteiger partial charge on any atom is -0.349 e. The average molecular weight is 423 g/mol. The number of hydrazine groups is 2. The van der Waals surface area contributed by atoms with Crippen LogP contribution in [-0.2, 0) is 11.9 Å². The van der Waals surface area contributed by atoms with Crippen molar-refractivity contribution in [2.24, 2.45) is 7.05 Å². The third-order valence-electron chi connectivity index (χ3n) is 5.23. The molecular formula is C23H27FN6O. The van der Waals surface area contributed by atoms with E-state index < -0.39 is 0 Å². The Balaban J connectivity index is 1.72. The van der Waals surface area contributed by atoms with Crippen LogP contribution in [0.4, 0.5) is 10.3 Å². The molecule has 0 spiro atoms. The molecule has 7 nitrogen and oxygen atoms in total. The van der Waals surface area contributed by atoms with Gasteiger partial charge in [0.05, 0.1) is 30.2 Å². The van der Waals surface area contributed by atoms with Crippen molar-refractivity contribution in [1.82, 2.24) is 25.3 Å². The highest BCUT2D eigenvalue weighted by Gasteiger charge is 2.32. The van der Waals surface area contributed by atoms with Gasteiger partial charge in [-0.05, 0) is 43.7 Å². The van der Waals surface area contributed by atoms with Gasteiger partial charge in [-0.3, -0.25) is 10.3 Å². The van der Waals surface area contributed by atoms with Gasteiger partial charge in [0.2, 0.25) is 5.95 Å². The fraction of sp³-hybridized carbons (Fsp3) is 0.261. The average Bonchev–Trinajstić information content (AvgIpc) is 3.29. The van der Waals surface area contributed by atoms with Crippen LogP contribution in [-0.4, -0.2) is 33.5 Å². The molecule has 0 bridgehead atoms. The van der Waals surface area contributed by atoms with Crippen LogP contribution >= 0.6 is 0 Å². The Labute approximate surface area is 181 Å². The minimum atomic E-state index is -0.277. The largest absolute Gasteiger partial charge is 0.349 e. The molecule has 1 aliphatic heterocycles. The summed E-state index contributed by atoms with van der Waals surface area (Å²) in [5.74, 6) is 0.462. The van der Waals surface area contributed by atoms with Crippen LogP contribution in [0.25, 0.3) is 11.4 Å². The number of halogens is 1. The van der Waals surface area contributed by atoms with E-state index in [1.807, 2.05) is 50.0 Å². The van der Waals surface area contributed by atoms with Gasteiger partial charge >= 0.3 is 0 Å². The lowest BCUT2D eigenvalue weighted by atomic mass is 10.1. The molecule has 0 radical (unpaired) electrons. The topological polar surface area (TPSA) is 57.6 Å². The van der Waals surface area contributed by atoms with Crippen molar-refractivity contribution in [2.75, 3.05) is 19.0 Å². The summed E-state index contributed by atoms with van der Waals surface area (Å²) in [7, 11) is 3.82. The van der Waals surface area contributed by atoms with Gasteiger partial charge in [-0.1, -0.05) is 30.3 Å². The third-order valence-corrected chi connectivity index (χ3v) is 5.23. The number of anilines is 1. The molecule has 1 aliphatic rings. The molecule has 0 saturated carbocycles. The second kappa shape index (κ2) is 8.79. The number of aromatic nitrogens is 2. The smallest absolute Gasteiger partial charge is 0.203 e. The summed E-state index contributed by atoms with van der Waals surface area (Å²) in [5.41, 5.74) is 7.79. The van der Waals surface area contributed by atoms with Crippen molar-refractivity contribution in [2.45, 2.75) is 19.9 Å². The molecule has 1 unspecified atom stereocenters. The van der Waals surface area contributed by atoms with Crippen molar-refractivity contribution in [3.05, 3.63) is 83.4 Å². The predicted molar refractivity (Wildman–Crippen MR) is 119 cm³/mol. The molecule has 0 aliphatic carbocycles. The fourth-order valence-electron chi connectivity index (χ4n) is 3.61. The molecular weight excluding hydrogens is 395 g/mol. The molecule has 162 valence electrons. The molecule has 31 heavy (non-hydrogen) atoms. The predicted octanol–water partition coefficient (Wildman–Crippen LogP) is 4.18. The summed E-state index contributed by atoms with van der Waals surface area (Å²) in [6.07, 6.45) is 1.81. The molecule has 1 aromatic heterocycles. The van der Waals surface area contributed by atoms with E-state index in [4.69, 9.17) is 4.84 Å². The van der Waals surface area contributed by atoms with Gasteiger partial charge in [-0.2, -0.15) is 5.17 Å². The summed E-state index contributed by atoms with van der Waals surface area (Å²) >= 11 is 0. The van der Waals surface area contributed by atoms with Crippen LogP contribution in [0.1, 0.15) is 36.7 Å². The van der Waals surface area contributed by atoms with E-state index in [9.17, 15) is 4.39 Å². The molecule has 1 atom stereocenters. The molecule has 0 fully saturated rings. The number of hydrogen-bond acceptors (Lipinski definition) is 6. The summed E-state index contributed by atoms with van der Waals surface area (Å²) in [6.45, 7) is 4.52. The SMILES string of the molecule is CCON1C(c2cnc(NC(C)c3ccccc3)n2C)=C(c2ccc(F)cc2)NN1C. The molecule has 0 amide bonds. The standard InChI is InChI=1S/C23H27FN6O/c1-5-31-30-22(21(27-29(30)4)18-11-13-19(24)14-12-18)20-15-25-23(28(20)3)26-16(2)17-9-7-6-8-10-17/h6-16,27H,5H2,1-4H3,(H,25,26). The maximum Gasteiger partial charge on any atom is 0.203 e. The Morgan fingerprint density at radius 2 is 1.81 bits per heavy atom. The Morgan fingerprint density at radius 3 is 2.48 bits per heavy atom. The first kappa shape index (κ1) is 20.9. The number of nitrogens with one attached hydrogen (secondary N) is 2. The number of nitrogens with zero attached hydrogens (tertiary/aromatic N) is 4. The summed E-state index contributed by atoms with van der Waals surface area (Å²) in [6, 6.07) is 16.7. The van der Waals surface area contributed by atoms with Gasteiger partial charge in [0.1, 0.15) is 11.5 Å². The van der Waals surface area contributed by atoms with Crippen LogP contribution in [0, 0.1) is 5.82 Å². The monoisotopic (exact) mass is 422 g/mol. The second-order valence-electron chi connectivity index (χ2n) is 7.36. The molecule has 0 saturated heterocycles. The van der Waals surface area contributed by atoms with Crippen LogP contribution < -0.4 is 10.7 Å². The molecule has 2 heterocycles. The first-order valence-electron chi connectivity index (χ1n) is 10.3. The lowest BCUT2D eigenvalue weighted by Crippen LogP contribution is -2.39. The van der Waals surface area contributed by atoms with E-state index in [1.54, 1.807) is 22.4 Å². The zero-order chi connectivity index (χ0) is 22.0. The van der Waals surface area contributed by atoms with E-state index in [0.29, 0.717) is 6.61 Å². The first-order valence-corrected chi connectivity index (χ1v) is 10.3. The van der Waals surface area contributed by atoms with Gasteiger partial charge in [-0.15, -0.1) is 5.12 Å². The zero-order valence-electron chi connectivity index (χ0n) is 18.1. The maximum atomic E-state index is 13.5. The number of hydrogen-bond donors (Lipinski definition) is 2. The van der Waals surface area contributed by atoms with Crippen LogP contribution in [0.15, 0.2) is 60.8 Å². The lowest BCUT2D eigenvalue weighted by molar-refractivity contribution is -0.231. The first-order chi connectivity index (χ1) is 15.0. The molecule has 3 aromatic rings. The summed E-state index contributed by atoms with van der Waals surface area (Å²) < 4.78 is 15.5. The molecule has 2 N–H and O–H groups in total. The summed E-state index contributed by atoms with van der Waals surface area (Å²) in [4.78, 5) is 10.5. The van der Waals surface area contributed by atoms with Crippen LogP contribution in [0.2, 0.25) is 0 Å². The van der Waals surface area contributed by atoms with Gasteiger partial charge in [0.15, 0.2) is 0 Å². The Morgan fingerprint density at radius 1 is 1.10 bits per heavy atom. The van der Waals surface area contributed by atoms with Crippen LogP contribution in [0.3, 0.4) is 0 Å². The van der Waals surface area contributed by atoms with Crippen molar-refractivity contribution in [1.29, 1.82) is 0 Å².